The van der Waals surface area contributed by atoms with Gasteiger partial charge in [-0.15, -0.1) is 0 Å². The molecule has 21 heavy (non-hydrogen) atoms. The summed E-state index contributed by atoms with van der Waals surface area (Å²) in [5.74, 6) is 0.268. The molecule has 0 spiro atoms. The number of nitrogens with zero attached hydrogens (tertiary/aromatic N) is 2. The van der Waals surface area contributed by atoms with E-state index >= 15 is 0 Å². The highest BCUT2D eigenvalue weighted by atomic mass is 16.5. The van der Waals surface area contributed by atoms with E-state index in [4.69, 9.17) is 4.74 Å². The molecule has 2 aliphatic rings. The predicted octanol–water partition coefficient (Wildman–Crippen LogP) is 1.13. The van der Waals surface area contributed by atoms with Crippen LogP contribution in [0.5, 0.6) is 5.75 Å². The van der Waals surface area contributed by atoms with Crippen LogP contribution in [0.25, 0.3) is 0 Å². The van der Waals surface area contributed by atoms with Crippen LogP contribution >= 0.6 is 0 Å². The molecule has 1 aromatic rings. The number of hydrogen-bond donors (Lipinski definition) is 2. The molecule has 1 saturated heterocycles. The molecule has 1 unspecified atom stereocenters. The summed E-state index contributed by atoms with van der Waals surface area (Å²) in [7, 11) is 0. The molecule has 0 aromatic heterocycles. The molecule has 1 atom stereocenters. The summed E-state index contributed by atoms with van der Waals surface area (Å²) in [6.07, 6.45) is -0.340. The molecule has 6 heteroatoms. The van der Waals surface area contributed by atoms with Gasteiger partial charge in [0, 0.05) is 31.7 Å². The highest BCUT2D eigenvalue weighted by molar-refractivity contribution is 5.66. The van der Waals surface area contributed by atoms with Crippen LogP contribution in [0, 0.1) is 0 Å². The second-order valence-corrected chi connectivity index (χ2v) is 5.60. The van der Waals surface area contributed by atoms with E-state index in [0.29, 0.717) is 32.7 Å². The van der Waals surface area contributed by atoms with E-state index in [1.807, 2.05) is 6.07 Å². The SMILES string of the molecule is O=C(O)N1Cc2cccc(O)c2CC1CN1CCOCC1. The van der Waals surface area contributed by atoms with Crippen molar-refractivity contribution < 1.29 is 19.7 Å². The number of carboxylic acid groups (broad SMARTS) is 1. The minimum atomic E-state index is -0.901. The largest absolute Gasteiger partial charge is 0.508 e. The Kier molecular flexibility index (Phi) is 3.98. The van der Waals surface area contributed by atoms with Gasteiger partial charge >= 0.3 is 6.09 Å². The van der Waals surface area contributed by atoms with Gasteiger partial charge in [0.15, 0.2) is 0 Å². The van der Waals surface area contributed by atoms with Crippen molar-refractivity contribution in [2.75, 3.05) is 32.8 Å². The van der Waals surface area contributed by atoms with Crippen LogP contribution in [0.1, 0.15) is 11.1 Å². The van der Waals surface area contributed by atoms with Crippen LogP contribution in [0.15, 0.2) is 18.2 Å². The molecule has 1 fully saturated rings. The normalized spacial score (nSPS) is 22.9. The topological polar surface area (TPSA) is 73.2 Å². The Balaban J connectivity index is 1.80. The average molecular weight is 292 g/mol. The van der Waals surface area contributed by atoms with Crippen LogP contribution in [-0.4, -0.2) is 65.0 Å². The van der Waals surface area contributed by atoms with E-state index in [2.05, 4.69) is 4.90 Å². The quantitative estimate of drug-likeness (QED) is 0.855. The lowest BCUT2D eigenvalue weighted by Crippen LogP contribution is -2.51. The summed E-state index contributed by atoms with van der Waals surface area (Å²) < 4.78 is 5.33. The molecule has 114 valence electrons. The highest BCUT2D eigenvalue weighted by Gasteiger charge is 2.32. The van der Waals surface area contributed by atoms with E-state index in [0.717, 1.165) is 24.2 Å². The molecule has 0 saturated carbocycles. The maximum absolute atomic E-state index is 11.5. The number of benzene rings is 1. The Morgan fingerprint density at radius 3 is 2.81 bits per heavy atom. The zero-order valence-corrected chi connectivity index (χ0v) is 11.9. The second kappa shape index (κ2) is 5.91. The Labute approximate surface area is 123 Å². The molecule has 6 nitrogen and oxygen atoms in total. The number of amides is 1. The molecule has 2 aliphatic heterocycles. The van der Waals surface area contributed by atoms with Crippen molar-refractivity contribution in [3.05, 3.63) is 29.3 Å². The number of carbonyl (C=O) groups is 1. The third-order valence-electron chi connectivity index (χ3n) is 4.29. The van der Waals surface area contributed by atoms with Crippen molar-refractivity contribution in [3.63, 3.8) is 0 Å². The van der Waals surface area contributed by atoms with Gasteiger partial charge in [0.2, 0.25) is 0 Å². The van der Waals surface area contributed by atoms with Gasteiger partial charge in [0.25, 0.3) is 0 Å². The Hall–Kier alpha value is -1.79. The maximum Gasteiger partial charge on any atom is 0.407 e. The van der Waals surface area contributed by atoms with Gasteiger partial charge in [0.1, 0.15) is 5.75 Å². The average Bonchev–Trinajstić information content (AvgIpc) is 2.48. The predicted molar refractivity (Wildman–Crippen MR) is 76.4 cm³/mol. The van der Waals surface area contributed by atoms with Crippen LogP contribution in [0.4, 0.5) is 4.79 Å². The summed E-state index contributed by atoms with van der Waals surface area (Å²) in [5.41, 5.74) is 1.78. The zero-order valence-electron chi connectivity index (χ0n) is 11.9. The molecule has 0 aliphatic carbocycles. The first-order chi connectivity index (χ1) is 10.1. The monoisotopic (exact) mass is 292 g/mol. The van der Waals surface area contributed by atoms with Crippen molar-refractivity contribution in [1.82, 2.24) is 9.80 Å². The van der Waals surface area contributed by atoms with E-state index in [-0.39, 0.29) is 11.8 Å². The number of ether oxygens (including phenoxy) is 1. The summed E-state index contributed by atoms with van der Waals surface area (Å²) in [6, 6.07) is 5.19. The Bertz CT molecular complexity index is 528. The first kappa shape index (κ1) is 14.2. The molecule has 0 radical (unpaired) electrons. The molecule has 1 amide bonds. The van der Waals surface area contributed by atoms with Crippen molar-refractivity contribution in [2.24, 2.45) is 0 Å². The minimum absolute atomic E-state index is 0.124. The van der Waals surface area contributed by atoms with Crippen molar-refractivity contribution in [2.45, 2.75) is 19.0 Å². The van der Waals surface area contributed by atoms with Crippen molar-refractivity contribution in [1.29, 1.82) is 0 Å². The summed E-state index contributed by atoms with van der Waals surface area (Å²) in [4.78, 5) is 15.2. The molecule has 2 N–H and O–H groups in total. The highest BCUT2D eigenvalue weighted by Crippen LogP contribution is 2.30. The Morgan fingerprint density at radius 2 is 2.10 bits per heavy atom. The van der Waals surface area contributed by atoms with Gasteiger partial charge in [-0.3, -0.25) is 9.80 Å². The number of hydrogen-bond acceptors (Lipinski definition) is 4. The summed E-state index contributed by atoms with van der Waals surface area (Å²) in [6.45, 7) is 4.08. The van der Waals surface area contributed by atoms with Gasteiger partial charge < -0.3 is 14.9 Å². The Morgan fingerprint density at radius 1 is 1.33 bits per heavy atom. The minimum Gasteiger partial charge on any atom is -0.508 e. The number of phenols is 1. The second-order valence-electron chi connectivity index (χ2n) is 5.60. The van der Waals surface area contributed by atoms with E-state index in [1.54, 1.807) is 12.1 Å². The third-order valence-corrected chi connectivity index (χ3v) is 4.29. The first-order valence-corrected chi connectivity index (χ1v) is 7.24. The molecular formula is C15H20N2O4. The van der Waals surface area contributed by atoms with Crippen LogP contribution in [0.3, 0.4) is 0 Å². The fraction of sp³-hybridized carbons (Fsp3) is 0.533. The van der Waals surface area contributed by atoms with Crippen LogP contribution in [0.2, 0.25) is 0 Å². The van der Waals surface area contributed by atoms with Gasteiger partial charge in [-0.2, -0.15) is 0 Å². The van der Waals surface area contributed by atoms with Gasteiger partial charge in [0.05, 0.1) is 19.3 Å². The summed E-state index contributed by atoms with van der Waals surface area (Å²) >= 11 is 0. The molecule has 0 bridgehead atoms. The fourth-order valence-electron chi connectivity index (χ4n) is 3.13. The number of rotatable bonds is 2. The number of phenolic OH excluding ortho intramolecular Hbond substituents is 1. The lowest BCUT2D eigenvalue weighted by atomic mass is 9.93. The number of fused-ring (bicyclic) bond motifs is 1. The third kappa shape index (κ3) is 2.96. The standard InChI is InChI=1S/C15H20N2O4/c18-14-3-1-2-11-9-17(15(19)20)12(8-13(11)14)10-16-4-6-21-7-5-16/h1-3,12,18H,4-10H2,(H,19,20). The van der Waals surface area contributed by atoms with Gasteiger partial charge in [-0.1, -0.05) is 12.1 Å². The molecular weight excluding hydrogens is 272 g/mol. The van der Waals surface area contributed by atoms with E-state index in [9.17, 15) is 15.0 Å². The van der Waals surface area contributed by atoms with Crippen LogP contribution < -0.4 is 0 Å². The molecule has 2 heterocycles. The first-order valence-electron chi connectivity index (χ1n) is 7.24. The number of aromatic hydroxyl groups is 1. The van der Waals surface area contributed by atoms with Gasteiger partial charge in [-0.05, 0) is 18.1 Å². The number of morpholine rings is 1. The van der Waals surface area contributed by atoms with Crippen molar-refractivity contribution in [3.8, 4) is 5.75 Å². The van der Waals surface area contributed by atoms with Crippen LogP contribution in [-0.2, 0) is 17.7 Å². The smallest absolute Gasteiger partial charge is 0.407 e. The molecule has 3 rings (SSSR count). The van der Waals surface area contributed by atoms with E-state index in [1.165, 1.54) is 4.90 Å². The van der Waals surface area contributed by atoms with Gasteiger partial charge in [-0.25, -0.2) is 4.79 Å². The lowest BCUT2D eigenvalue weighted by molar-refractivity contribution is 0.0210. The summed E-state index contributed by atoms with van der Waals surface area (Å²) in [5, 5.41) is 19.5. The lowest BCUT2D eigenvalue weighted by Gasteiger charge is -2.39. The molecule has 1 aromatic carbocycles. The van der Waals surface area contributed by atoms with E-state index < -0.39 is 6.09 Å². The zero-order chi connectivity index (χ0) is 14.8. The van der Waals surface area contributed by atoms with Crippen molar-refractivity contribution >= 4 is 6.09 Å². The fourth-order valence-corrected chi connectivity index (χ4v) is 3.13. The maximum atomic E-state index is 11.5.